The summed E-state index contributed by atoms with van der Waals surface area (Å²) >= 11 is 0. The summed E-state index contributed by atoms with van der Waals surface area (Å²) in [7, 11) is 5.84. The number of nitrogens with zero attached hydrogens (tertiary/aromatic N) is 2. The SMILES string of the molecule is COc1ccc(NC(=O)COC(=O)c2cc(-c3cc(OC)c(OC)c(OC)c3)nc3ccccc23)c([N+](=O)[O-])c1. The summed E-state index contributed by atoms with van der Waals surface area (Å²) in [6.45, 7) is -0.682. The van der Waals surface area contributed by atoms with E-state index in [2.05, 4.69) is 10.3 Å². The van der Waals surface area contributed by atoms with Crippen LogP contribution in [0.15, 0.2) is 60.7 Å². The number of amides is 1. The number of para-hydroxylation sites is 1. The van der Waals surface area contributed by atoms with E-state index in [4.69, 9.17) is 23.7 Å². The van der Waals surface area contributed by atoms with Gasteiger partial charge in [-0.1, -0.05) is 18.2 Å². The van der Waals surface area contributed by atoms with Gasteiger partial charge in [-0.25, -0.2) is 9.78 Å². The summed E-state index contributed by atoms with van der Waals surface area (Å²) in [6, 6.07) is 15.9. The van der Waals surface area contributed by atoms with Gasteiger partial charge in [0.1, 0.15) is 11.4 Å². The summed E-state index contributed by atoms with van der Waals surface area (Å²) in [4.78, 5) is 41.1. The second-order valence-corrected chi connectivity index (χ2v) is 8.25. The van der Waals surface area contributed by atoms with E-state index in [1.165, 1.54) is 52.7 Å². The number of fused-ring (bicyclic) bond motifs is 1. The van der Waals surface area contributed by atoms with Crippen molar-refractivity contribution in [3.63, 3.8) is 0 Å². The van der Waals surface area contributed by atoms with Gasteiger partial charge in [0.15, 0.2) is 18.1 Å². The number of nitro benzene ring substituents is 1. The standard InChI is InChI=1S/C28H25N3O9/c1-36-17-9-10-21(23(13-17)31(34)35)30-26(32)15-40-28(33)19-14-22(29-20-8-6-5-7-18(19)20)16-11-24(37-2)27(39-4)25(12-16)38-3/h5-14H,15H2,1-4H3,(H,30,32). The number of carbonyl (C=O) groups is 2. The number of methoxy groups -OCH3 is 4. The third-order valence-corrected chi connectivity index (χ3v) is 5.91. The number of benzene rings is 3. The molecule has 1 amide bonds. The molecule has 4 aromatic rings. The predicted octanol–water partition coefficient (Wildman–Crippen LogP) is 4.64. The maximum Gasteiger partial charge on any atom is 0.339 e. The highest BCUT2D eigenvalue weighted by molar-refractivity contribution is 6.05. The molecule has 40 heavy (non-hydrogen) atoms. The van der Waals surface area contributed by atoms with Crippen LogP contribution in [0, 0.1) is 10.1 Å². The van der Waals surface area contributed by atoms with E-state index in [0.717, 1.165) is 0 Å². The Bertz CT molecular complexity index is 1580. The minimum absolute atomic E-state index is 0.0640. The number of ether oxygens (including phenoxy) is 5. The molecule has 4 rings (SSSR count). The molecule has 1 N–H and O–H groups in total. The van der Waals surface area contributed by atoms with Crippen molar-refractivity contribution in [1.82, 2.24) is 4.98 Å². The van der Waals surface area contributed by atoms with Gasteiger partial charge in [0.05, 0.1) is 56.2 Å². The lowest BCUT2D eigenvalue weighted by molar-refractivity contribution is -0.384. The number of hydrogen-bond donors (Lipinski definition) is 1. The topological polar surface area (TPSA) is 148 Å². The molecule has 1 aromatic heterocycles. The molecule has 0 bridgehead atoms. The molecule has 206 valence electrons. The monoisotopic (exact) mass is 547 g/mol. The molecule has 12 nitrogen and oxygen atoms in total. The Morgan fingerprint density at radius 1 is 0.900 bits per heavy atom. The van der Waals surface area contributed by atoms with Crippen molar-refractivity contribution >= 4 is 34.2 Å². The first-order chi connectivity index (χ1) is 19.3. The fourth-order valence-corrected chi connectivity index (χ4v) is 4.01. The van der Waals surface area contributed by atoms with E-state index >= 15 is 0 Å². The highest BCUT2D eigenvalue weighted by Crippen LogP contribution is 2.41. The number of carbonyl (C=O) groups excluding carboxylic acids is 2. The number of nitrogens with one attached hydrogen (secondary N) is 1. The molecular weight excluding hydrogens is 522 g/mol. The van der Waals surface area contributed by atoms with Gasteiger partial charge in [-0.15, -0.1) is 0 Å². The second kappa shape index (κ2) is 12.0. The predicted molar refractivity (Wildman–Crippen MR) is 145 cm³/mol. The molecule has 0 atom stereocenters. The first kappa shape index (κ1) is 27.6. The van der Waals surface area contributed by atoms with Crippen molar-refractivity contribution < 1.29 is 38.2 Å². The molecule has 0 fully saturated rings. The third-order valence-electron chi connectivity index (χ3n) is 5.91. The lowest BCUT2D eigenvalue weighted by atomic mass is 10.0. The normalized spacial score (nSPS) is 10.5. The molecule has 0 aliphatic rings. The van der Waals surface area contributed by atoms with Gasteiger partial charge in [-0.05, 0) is 36.4 Å². The molecule has 1 heterocycles. The smallest absolute Gasteiger partial charge is 0.339 e. The van der Waals surface area contributed by atoms with Gasteiger partial charge in [-0.2, -0.15) is 0 Å². The van der Waals surface area contributed by atoms with E-state index in [0.29, 0.717) is 39.4 Å². The van der Waals surface area contributed by atoms with Crippen molar-refractivity contribution in [2.75, 3.05) is 40.4 Å². The number of pyridine rings is 1. The zero-order chi connectivity index (χ0) is 28.8. The van der Waals surface area contributed by atoms with Crippen LogP contribution in [-0.4, -0.2) is 56.8 Å². The van der Waals surface area contributed by atoms with Crippen molar-refractivity contribution in [3.05, 3.63) is 76.3 Å². The molecule has 0 spiro atoms. The average molecular weight is 548 g/mol. The van der Waals surface area contributed by atoms with E-state index in [9.17, 15) is 19.7 Å². The van der Waals surface area contributed by atoms with Gasteiger partial charge in [0.2, 0.25) is 5.75 Å². The van der Waals surface area contributed by atoms with Crippen LogP contribution in [-0.2, 0) is 9.53 Å². The van der Waals surface area contributed by atoms with Crippen LogP contribution in [0.2, 0.25) is 0 Å². The highest BCUT2D eigenvalue weighted by Gasteiger charge is 2.21. The van der Waals surface area contributed by atoms with E-state index < -0.39 is 23.4 Å². The molecule has 0 saturated heterocycles. The quantitative estimate of drug-likeness (QED) is 0.169. The van der Waals surface area contributed by atoms with Gasteiger partial charge < -0.3 is 29.0 Å². The Labute approximate surface area is 228 Å². The highest BCUT2D eigenvalue weighted by atomic mass is 16.6. The summed E-state index contributed by atoms with van der Waals surface area (Å²) in [6.07, 6.45) is 0. The first-order valence-corrected chi connectivity index (χ1v) is 11.8. The molecule has 3 aromatic carbocycles. The molecule has 0 saturated carbocycles. The van der Waals surface area contributed by atoms with Crippen molar-refractivity contribution in [2.24, 2.45) is 0 Å². The Morgan fingerprint density at radius 2 is 1.60 bits per heavy atom. The van der Waals surface area contributed by atoms with Crippen LogP contribution in [0.4, 0.5) is 11.4 Å². The average Bonchev–Trinajstić information content (AvgIpc) is 2.98. The number of anilines is 1. The first-order valence-electron chi connectivity index (χ1n) is 11.8. The maximum absolute atomic E-state index is 13.2. The van der Waals surface area contributed by atoms with Crippen molar-refractivity contribution in [2.45, 2.75) is 0 Å². The zero-order valence-corrected chi connectivity index (χ0v) is 22.0. The number of rotatable bonds is 10. The third kappa shape index (κ3) is 5.70. The van der Waals surface area contributed by atoms with Gasteiger partial charge in [0, 0.05) is 10.9 Å². The lowest BCUT2D eigenvalue weighted by Crippen LogP contribution is -2.21. The Kier molecular flexibility index (Phi) is 8.28. The summed E-state index contributed by atoms with van der Waals surface area (Å²) in [5.41, 5.74) is 1.25. The number of esters is 1. The Hall–Kier alpha value is -5.39. The number of aromatic nitrogens is 1. The minimum Gasteiger partial charge on any atom is -0.496 e. The van der Waals surface area contributed by atoms with E-state index in [1.54, 1.807) is 36.4 Å². The maximum atomic E-state index is 13.2. The van der Waals surface area contributed by atoms with Crippen LogP contribution in [0.1, 0.15) is 10.4 Å². The Morgan fingerprint density at radius 3 is 2.23 bits per heavy atom. The van der Waals surface area contributed by atoms with E-state index in [-0.39, 0.29) is 22.7 Å². The van der Waals surface area contributed by atoms with Crippen LogP contribution >= 0.6 is 0 Å². The van der Waals surface area contributed by atoms with Crippen LogP contribution in [0.25, 0.3) is 22.2 Å². The van der Waals surface area contributed by atoms with Crippen molar-refractivity contribution in [1.29, 1.82) is 0 Å². The van der Waals surface area contributed by atoms with Gasteiger partial charge >= 0.3 is 5.97 Å². The fourth-order valence-electron chi connectivity index (χ4n) is 4.01. The summed E-state index contributed by atoms with van der Waals surface area (Å²) < 4.78 is 26.5. The second-order valence-electron chi connectivity index (χ2n) is 8.25. The largest absolute Gasteiger partial charge is 0.496 e. The summed E-state index contributed by atoms with van der Waals surface area (Å²) in [5.74, 6) is -0.0853. The zero-order valence-electron chi connectivity index (χ0n) is 22.0. The number of hydrogen-bond acceptors (Lipinski definition) is 10. The van der Waals surface area contributed by atoms with E-state index in [1.807, 2.05) is 0 Å². The van der Waals surface area contributed by atoms with Crippen molar-refractivity contribution in [3.8, 4) is 34.3 Å². The lowest BCUT2D eigenvalue weighted by Gasteiger charge is -2.15. The van der Waals surface area contributed by atoms with Crippen LogP contribution in [0.5, 0.6) is 23.0 Å². The molecule has 12 heteroatoms. The Balaban J connectivity index is 1.62. The molecule has 0 unspecified atom stereocenters. The van der Waals surface area contributed by atoms with Crippen LogP contribution < -0.4 is 24.3 Å². The molecular formula is C28H25N3O9. The fraction of sp³-hybridized carbons (Fsp3) is 0.179. The molecule has 0 aliphatic carbocycles. The van der Waals surface area contributed by atoms with Gasteiger partial charge in [0.25, 0.3) is 11.6 Å². The minimum atomic E-state index is -0.785. The number of nitro groups is 1. The molecule has 0 aliphatic heterocycles. The summed E-state index contributed by atoms with van der Waals surface area (Å²) in [5, 5.41) is 14.3. The van der Waals surface area contributed by atoms with Gasteiger partial charge in [-0.3, -0.25) is 14.9 Å². The molecule has 0 radical (unpaired) electrons. The van der Waals surface area contributed by atoms with Crippen LogP contribution in [0.3, 0.4) is 0 Å².